The van der Waals surface area contributed by atoms with E-state index in [1.807, 2.05) is 0 Å². The van der Waals surface area contributed by atoms with Gasteiger partial charge in [0.25, 0.3) is 0 Å². The molecule has 0 saturated heterocycles. The Hall–Kier alpha value is -1.14. The molecule has 3 N–H and O–H groups in total. The van der Waals surface area contributed by atoms with Gasteiger partial charge in [0.05, 0.1) is 25.2 Å². The number of hydrogen-bond acceptors (Lipinski definition) is 5. The summed E-state index contributed by atoms with van der Waals surface area (Å²) in [7, 11) is 0. The van der Waals surface area contributed by atoms with Gasteiger partial charge in [-0.1, -0.05) is 252 Å². The van der Waals surface area contributed by atoms with Gasteiger partial charge in [-0.2, -0.15) is 0 Å². The van der Waals surface area contributed by atoms with E-state index in [0.717, 1.165) is 38.5 Å². The first-order chi connectivity index (χ1) is 28.0. The topological polar surface area (TPSA) is 95.9 Å². The molecule has 6 nitrogen and oxygen atoms in total. The van der Waals surface area contributed by atoms with Crippen molar-refractivity contribution in [3.05, 3.63) is 0 Å². The maximum absolute atomic E-state index is 13.2. The first-order valence-electron chi connectivity index (χ1n) is 25.8. The molecule has 3 atom stereocenters. The molecule has 0 heterocycles. The van der Waals surface area contributed by atoms with Gasteiger partial charge in [0.2, 0.25) is 5.91 Å². The van der Waals surface area contributed by atoms with Crippen molar-refractivity contribution < 1.29 is 24.5 Å². The molecule has 0 aromatic rings. The van der Waals surface area contributed by atoms with Crippen LogP contribution in [0, 0.1) is 0 Å². The van der Waals surface area contributed by atoms with Crippen LogP contribution in [0.3, 0.4) is 0 Å². The number of aliphatic hydroxyl groups is 2. The zero-order valence-electron chi connectivity index (χ0n) is 38.8. The fourth-order valence-corrected chi connectivity index (χ4v) is 8.26. The minimum atomic E-state index is -0.777. The van der Waals surface area contributed by atoms with E-state index in [0.29, 0.717) is 19.3 Å². The summed E-state index contributed by atoms with van der Waals surface area (Å²) in [5.74, 6) is -0.452. The third kappa shape index (κ3) is 41.4. The molecular weight excluding hydrogens is 707 g/mol. The lowest BCUT2D eigenvalue weighted by molar-refractivity contribution is -0.151. The number of carbonyl (C=O) groups is 2. The van der Waals surface area contributed by atoms with Crippen molar-refractivity contribution in [2.24, 2.45) is 0 Å². The molecule has 0 rings (SSSR count). The highest BCUT2D eigenvalue weighted by molar-refractivity contribution is 5.77. The Bertz CT molecular complexity index is 821. The second-order valence-electron chi connectivity index (χ2n) is 17.9. The van der Waals surface area contributed by atoms with Gasteiger partial charge in [0, 0.05) is 6.42 Å². The molecule has 0 spiro atoms. The van der Waals surface area contributed by atoms with Crippen LogP contribution in [0.2, 0.25) is 0 Å². The highest BCUT2D eigenvalue weighted by Gasteiger charge is 2.24. The molecule has 0 saturated carbocycles. The van der Waals surface area contributed by atoms with Gasteiger partial charge >= 0.3 is 5.97 Å². The van der Waals surface area contributed by atoms with Crippen LogP contribution in [0.5, 0.6) is 0 Å². The van der Waals surface area contributed by atoms with Crippen molar-refractivity contribution in [2.75, 3.05) is 6.61 Å². The summed E-state index contributed by atoms with van der Waals surface area (Å²) in [6.45, 7) is 6.49. The Labute approximate surface area is 356 Å². The van der Waals surface area contributed by atoms with Gasteiger partial charge in [-0.15, -0.1) is 0 Å². The number of ether oxygens (including phenoxy) is 1. The molecule has 0 aliphatic heterocycles. The molecular formula is C51H101NO5. The molecule has 0 aromatic carbocycles. The molecule has 0 aliphatic rings. The van der Waals surface area contributed by atoms with Gasteiger partial charge in [-0.3, -0.25) is 9.59 Å². The van der Waals surface area contributed by atoms with E-state index in [1.54, 1.807) is 0 Å². The van der Waals surface area contributed by atoms with Crippen molar-refractivity contribution in [1.82, 2.24) is 5.32 Å². The summed E-state index contributed by atoms with van der Waals surface area (Å²) in [6.07, 6.45) is 48.8. The van der Waals surface area contributed by atoms with Gasteiger partial charge in [0.1, 0.15) is 6.10 Å². The average Bonchev–Trinajstić information content (AvgIpc) is 3.20. The van der Waals surface area contributed by atoms with Crippen molar-refractivity contribution >= 4 is 11.9 Å². The summed E-state index contributed by atoms with van der Waals surface area (Å²) in [4.78, 5) is 26.1. The fraction of sp³-hybridized carbons (Fsp3) is 0.961. The summed E-state index contributed by atoms with van der Waals surface area (Å²) >= 11 is 0. The van der Waals surface area contributed by atoms with Crippen LogP contribution in [0.1, 0.15) is 290 Å². The lowest BCUT2D eigenvalue weighted by Gasteiger charge is -2.24. The van der Waals surface area contributed by atoms with Crippen LogP contribution in [0.25, 0.3) is 0 Å². The predicted octanol–water partition coefficient (Wildman–Crippen LogP) is 15.2. The highest BCUT2D eigenvalue weighted by Crippen LogP contribution is 2.19. The van der Waals surface area contributed by atoms with Crippen LogP contribution in [0.4, 0.5) is 0 Å². The zero-order valence-corrected chi connectivity index (χ0v) is 38.8. The smallest absolute Gasteiger partial charge is 0.306 e. The summed E-state index contributed by atoms with van der Waals surface area (Å²) < 4.78 is 5.94. The van der Waals surface area contributed by atoms with Crippen LogP contribution in [-0.4, -0.2) is 46.9 Å². The average molecular weight is 808 g/mol. The summed E-state index contributed by atoms with van der Waals surface area (Å²) in [5, 5.41) is 23.7. The van der Waals surface area contributed by atoms with Gasteiger partial charge in [-0.25, -0.2) is 0 Å². The Morgan fingerprint density at radius 3 is 1.07 bits per heavy atom. The molecule has 0 aromatic heterocycles. The minimum absolute atomic E-state index is 0.0876. The molecule has 0 bridgehead atoms. The lowest BCUT2D eigenvalue weighted by atomic mass is 10.0. The van der Waals surface area contributed by atoms with E-state index in [-0.39, 0.29) is 24.9 Å². The van der Waals surface area contributed by atoms with Crippen molar-refractivity contribution in [2.45, 2.75) is 309 Å². The van der Waals surface area contributed by atoms with Crippen molar-refractivity contribution in [1.29, 1.82) is 0 Å². The first-order valence-corrected chi connectivity index (χ1v) is 25.8. The van der Waals surface area contributed by atoms with Crippen molar-refractivity contribution in [3.63, 3.8) is 0 Å². The number of rotatable bonds is 47. The quantitative estimate of drug-likeness (QED) is 0.0420. The third-order valence-electron chi connectivity index (χ3n) is 12.2. The van der Waals surface area contributed by atoms with Gasteiger partial charge in [0.15, 0.2) is 0 Å². The number of nitrogens with one attached hydrogen (secondary N) is 1. The van der Waals surface area contributed by atoms with Crippen molar-refractivity contribution in [3.8, 4) is 0 Å². The second-order valence-corrected chi connectivity index (χ2v) is 17.9. The molecule has 0 radical (unpaired) electrons. The molecule has 0 fully saturated rings. The number of esters is 1. The largest absolute Gasteiger partial charge is 0.462 e. The zero-order chi connectivity index (χ0) is 41.7. The van der Waals surface area contributed by atoms with E-state index < -0.39 is 18.2 Å². The second kappa shape index (κ2) is 45.9. The molecule has 3 unspecified atom stereocenters. The normalized spacial score (nSPS) is 13.1. The van der Waals surface area contributed by atoms with Crippen LogP contribution in [-0.2, 0) is 14.3 Å². The number of unbranched alkanes of at least 4 members (excludes halogenated alkanes) is 35. The molecule has 0 aliphatic carbocycles. The number of amides is 1. The maximum Gasteiger partial charge on any atom is 0.306 e. The van der Waals surface area contributed by atoms with E-state index in [9.17, 15) is 19.8 Å². The van der Waals surface area contributed by atoms with E-state index in [2.05, 4.69) is 26.1 Å². The lowest BCUT2D eigenvalue weighted by Crippen LogP contribution is -2.46. The Kier molecular flexibility index (Phi) is 45.0. The molecule has 1 amide bonds. The molecule has 57 heavy (non-hydrogen) atoms. The van der Waals surface area contributed by atoms with Gasteiger partial charge in [-0.05, 0) is 25.7 Å². The highest BCUT2D eigenvalue weighted by atomic mass is 16.5. The van der Waals surface area contributed by atoms with Crippen LogP contribution < -0.4 is 5.32 Å². The third-order valence-corrected chi connectivity index (χ3v) is 12.2. The van der Waals surface area contributed by atoms with Gasteiger partial charge < -0.3 is 20.3 Å². The Morgan fingerprint density at radius 2 is 0.737 bits per heavy atom. The predicted molar refractivity (Wildman–Crippen MR) is 246 cm³/mol. The Balaban J connectivity index is 4.51. The van der Waals surface area contributed by atoms with E-state index in [4.69, 9.17) is 4.74 Å². The molecule has 340 valence electrons. The number of carbonyl (C=O) groups excluding carboxylic acids is 2. The maximum atomic E-state index is 13.2. The minimum Gasteiger partial charge on any atom is -0.462 e. The monoisotopic (exact) mass is 808 g/mol. The summed E-state index contributed by atoms with van der Waals surface area (Å²) in [6, 6.07) is -0.691. The molecule has 6 heteroatoms. The first kappa shape index (κ1) is 55.9. The van der Waals surface area contributed by atoms with E-state index in [1.165, 1.54) is 205 Å². The standard InChI is InChI=1S/C51H101NO5/c1-4-7-10-13-16-19-21-23-25-26-28-31-33-36-39-42-47(57-51(56)44-41-38-35-32-29-27-24-22-20-17-14-11-8-5-2)45-50(55)52-48(46-53)49(54)43-40-37-34-30-18-15-12-9-6-3/h47-49,53-54H,4-46H2,1-3H3,(H,52,55). The van der Waals surface area contributed by atoms with Crippen LogP contribution in [0.15, 0.2) is 0 Å². The SMILES string of the molecule is CCCCCCCCCCCCCCCCCC(CC(=O)NC(CO)C(O)CCCCCCCCCCC)OC(=O)CCCCCCCCCCCCCCCC. The van der Waals surface area contributed by atoms with E-state index >= 15 is 0 Å². The van der Waals surface area contributed by atoms with Crippen LogP contribution >= 0.6 is 0 Å². The fourth-order valence-electron chi connectivity index (χ4n) is 8.26. The number of aliphatic hydroxyl groups excluding tert-OH is 2. The summed E-state index contributed by atoms with van der Waals surface area (Å²) in [5.41, 5.74) is 0. The number of hydrogen-bond donors (Lipinski definition) is 3. The Morgan fingerprint density at radius 1 is 0.439 bits per heavy atom.